The van der Waals surface area contributed by atoms with Crippen LogP contribution in [0, 0.1) is 5.92 Å². The molecular weight excluding hydrogens is 376 g/mol. The Morgan fingerprint density at radius 3 is 2.75 bits per heavy atom. The molecule has 1 saturated carbocycles. The van der Waals surface area contributed by atoms with E-state index in [9.17, 15) is 9.59 Å². The van der Waals surface area contributed by atoms with Crippen LogP contribution in [-0.4, -0.2) is 44.0 Å². The van der Waals surface area contributed by atoms with Crippen LogP contribution in [-0.2, 0) is 4.79 Å². The number of rotatable bonds is 5. The van der Waals surface area contributed by atoms with Crippen LogP contribution in [0.3, 0.4) is 0 Å². The number of hydrogen-bond donors (Lipinski definition) is 2. The second kappa shape index (κ2) is 9.18. The van der Waals surface area contributed by atoms with Gasteiger partial charge in [-0.2, -0.15) is 0 Å². The molecule has 0 bridgehead atoms. The molecule has 0 saturated heterocycles. The molecule has 2 aromatic heterocycles. The molecule has 2 aromatic rings. The van der Waals surface area contributed by atoms with Gasteiger partial charge in [0, 0.05) is 31.0 Å². The highest BCUT2D eigenvalue weighted by Crippen LogP contribution is 2.39. The molecule has 3 rings (SSSR count). The second-order valence-corrected chi connectivity index (χ2v) is 8.38. The first-order chi connectivity index (χ1) is 13.5. The Kier molecular flexibility index (Phi) is 6.66. The van der Waals surface area contributed by atoms with E-state index in [-0.39, 0.29) is 11.9 Å². The molecular formula is C19H26N6O2S. The number of amides is 3. The number of carbonyl (C=O) groups is 2. The monoisotopic (exact) mass is 402 g/mol. The molecule has 1 fully saturated rings. The molecule has 3 amide bonds. The molecule has 150 valence electrons. The van der Waals surface area contributed by atoms with Gasteiger partial charge in [-0.25, -0.2) is 4.79 Å². The van der Waals surface area contributed by atoms with Crippen LogP contribution in [0.5, 0.6) is 0 Å². The third-order valence-corrected chi connectivity index (χ3v) is 6.15. The molecule has 1 aliphatic carbocycles. The lowest BCUT2D eigenvalue weighted by atomic mass is 9.85. The van der Waals surface area contributed by atoms with Gasteiger partial charge >= 0.3 is 6.03 Å². The van der Waals surface area contributed by atoms with Gasteiger partial charge in [-0.15, -0.1) is 10.2 Å². The Balaban J connectivity index is 1.91. The van der Waals surface area contributed by atoms with Gasteiger partial charge in [0.2, 0.25) is 5.91 Å². The Labute approximate surface area is 168 Å². The molecule has 0 aliphatic heterocycles. The molecule has 1 aliphatic rings. The first-order valence-electron chi connectivity index (χ1n) is 9.55. The Bertz CT molecular complexity index is 825. The largest absolute Gasteiger partial charge is 0.341 e. The zero-order valence-corrected chi connectivity index (χ0v) is 17.2. The number of carbonyl (C=O) groups excluding carboxylic acids is 2. The summed E-state index contributed by atoms with van der Waals surface area (Å²) in [5.74, 6) is 0.904. The van der Waals surface area contributed by atoms with Gasteiger partial charge < -0.3 is 5.32 Å². The minimum absolute atomic E-state index is 0.274. The average Bonchev–Trinajstić information content (AvgIpc) is 3.12. The van der Waals surface area contributed by atoms with E-state index in [1.165, 1.54) is 25.2 Å². The van der Waals surface area contributed by atoms with Crippen molar-refractivity contribution in [2.24, 2.45) is 5.92 Å². The van der Waals surface area contributed by atoms with E-state index >= 15 is 0 Å². The Morgan fingerprint density at radius 2 is 2.07 bits per heavy atom. The van der Waals surface area contributed by atoms with Gasteiger partial charge in [-0.3, -0.25) is 19.7 Å². The van der Waals surface area contributed by atoms with Gasteiger partial charge in [-0.05, 0) is 37.8 Å². The fourth-order valence-corrected chi connectivity index (χ4v) is 4.42. The summed E-state index contributed by atoms with van der Waals surface area (Å²) in [4.78, 5) is 27.9. The zero-order chi connectivity index (χ0) is 20.1. The fourth-order valence-electron chi connectivity index (χ4n) is 3.52. The SMILES string of the molecule is CNC(=O)NC(=O)C(C)Sc1nnc(-c2cccnc2)n1C1CCCCC1C. The minimum atomic E-state index is -0.518. The summed E-state index contributed by atoms with van der Waals surface area (Å²) in [6.07, 6.45) is 8.12. The number of pyridine rings is 1. The highest BCUT2D eigenvalue weighted by Gasteiger charge is 2.30. The normalized spacial score (nSPS) is 20.4. The predicted molar refractivity (Wildman–Crippen MR) is 108 cm³/mol. The van der Waals surface area contributed by atoms with Crippen molar-refractivity contribution in [2.75, 3.05) is 7.05 Å². The quantitative estimate of drug-likeness (QED) is 0.746. The van der Waals surface area contributed by atoms with E-state index in [0.717, 1.165) is 30.7 Å². The second-order valence-electron chi connectivity index (χ2n) is 7.08. The number of nitrogens with one attached hydrogen (secondary N) is 2. The maximum absolute atomic E-state index is 12.3. The van der Waals surface area contributed by atoms with Crippen molar-refractivity contribution in [3.8, 4) is 11.4 Å². The molecule has 28 heavy (non-hydrogen) atoms. The van der Waals surface area contributed by atoms with Crippen LogP contribution in [0.25, 0.3) is 11.4 Å². The van der Waals surface area contributed by atoms with Gasteiger partial charge in [-0.1, -0.05) is 31.5 Å². The van der Waals surface area contributed by atoms with E-state index < -0.39 is 11.3 Å². The first-order valence-corrected chi connectivity index (χ1v) is 10.4. The molecule has 0 radical (unpaired) electrons. The zero-order valence-electron chi connectivity index (χ0n) is 16.4. The summed E-state index contributed by atoms with van der Waals surface area (Å²) in [5.41, 5.74) is 0.905. The van der Waals surface area contributed by atoms with Crippen molar-refractivity contribution < 1.29 is 9.59 Å². The number of hydrogen-bond acceptors (Lipinski definition) is 6. The molecule has 0 spiro atoms. The van der Waals surface area contributed by atoms with E-state index in [4.69, 9.17) is 0 Å². The summed E-state index contributed by atoms with van der Waals surface area (Å²) < 4.78 is 2.16. The molecule has 2 N–H and O–H groups in total. The number of aromatic nitrogens is 4. The number of urea groups is 1. The van der Waals surface area contributed by atoms with Crippen LogP contribution in [0.4, 0.5) is 4.79 Å². The highest BCUT2D eigenvalue weighted by molar-refractivity contribution is 8.00. The summed E-state index contributed by atoms with van der Waals surface area (Å²) in [6.45, 7) is 4.02. The van der Waals surface area contributed by atoms with E-state index in [1.54, 1.807) is 19.3 Å². The number of imide groups is 1. The first kappa shape index (κ1) is 20.3. The van der Waals surface area contributed by atoms with Crippen LogP contribution < -0.4 is 10.6 Å². The van der Waals surface area contributed by atoms with Crippen LogP contribution in [0.1, 0.15) is 45.6 Å². The van der Waals surface area contributed by atoms with E-state index in [2.05, 4.69) is 37.3 Å². The van der Waals surface area contributed by atoms with Crippen molar-refractivity contribution in [3.05, 3.63) is 24.5 Å². The summed E-state index contributed by atoms with van der Waals surface area (Å²) in [6, 6.07) is 3.61. The predicted octanol–water partition coefficient (Wildman–Crippen LogP) is 3.03. The van der Waals surface area contributed by atoms with Crippen molar-refractivity contribution in [1.82, 2.24) is 30.4 Å². The van der Waals surface area contributed by atoms with Gasteiger partial charge in [0.15, 0.2) is 11.0 Å². The maximum atomic E-state index is 12.3. The number of nitrogens with zero attached hydrogens (tertiary/aromatic N) is 4. The van der Waals surface area contributed by atoms with Crippen molar-refractivity contribution >= 4 is 23.7 Å². The molecule has 0 aromatic carbocycles. The lowest BCUT2D eigenvalue weighted by molar-refractivity contribution is -0.119. The third-order valence-electron chi connectivity index (χ3n) is 5.10. The summed E-state index contributed by atoms with van der Waals surface area (Å²) in [5, 5.41) is 13.7. The summed E-state index contributed by atoms with van der Waals surface area (Å²) >= 11 is 1.32. The van der Waals surface area contributed by atoms with Crippen molar-refractivity contribution in [2.45, 2.75) is 56.0 Å². The maximum Gasteiger partial charge on any atom is 0.321 e. The van der Waals surface area contributed by atoms with Gasteiger partial charge in [0.1, 0.15) is 0 Å². The van der Waals surface area contributed by atoms with Crippen molar-refractivity contribution in [3.63, 3.8) is 0 Å². The smallest absolute Gasteiger partial charge is 0.321 e. The van der Waals surface area contributed by atoms with Crippen LogP contribution >= 0.6 is 11.8 Å². The fraction of sp³-hybridized carbons (Fsp3) is 0.526. The average molecular weight is 403 g/mol. The van der Waals surface area contributed by atoms with Crippen molar-refractivity contribution in [1.29, 1.82) is 0 Å². The summed E-state index contributed by atoms with van der Waals surface area (Å²) in [7, 11) is 1.47. The molecule has 3 atom stereocenters. The van der Waals surface area contributed by atoms with E-state index in [0.29, 0.717) is 11.1 Å². The molecule has 3 unspecified atom stereocenters. The number of thioether (sulfide) groups is 1. The molecule has 2 heterocycles. The van der Waals surface area contributed by atoms with Crippen LogP contribution in [0.15, 0.2) is 29.7 Å². The Morgan fingerprint density at radius 1 is 1.29 bits per heavy atom. The lowest BCUT2D eigenvalue weighted by Gasteiger charge is -2.31. The Hall–Kier alpha value is -2.42. The molecule has 8 nitrogen and oxygen atoms in total. The van der Waals surface area contributed by atoms with Gasteiger partial charge in [0.05, 0.1) is 5.25 Å². The molecule has 9 heteroatoms. The van der Waals surface area contributed by atoms with E-state index in [1.807, 2.05) is 12.1 Å². The highest BCUT2D eigenvalue weighted by atomic mass is 32.2. The standard InChI is InChI=1S/C19H26N6O2S/c1-12-7-4-5-9-15(12)25-16(14-8-6-10-21-11-14)23-24-19(25)28-13(2)17(26)22-18(27)20-3/h6,8,10-13,15H,4-5,7,9H2,1-3H3,(H2,20,22,26,27). The topological polar surface area (TPSA) is 102 Å². The van der Waals surface area contributed by atoms with Crippen LogP contribution in [0.2, 0.25) is 0 Å². The third kappa shape index (κ3) is 4.52. The minimum Gasteiger partial charge on any atom is -0.341 e. The van der Waals surface area contributed by atoms with Gasteiger partial charge in [0.25, 0.3) is 0 Å². The lowest BCUT2D eigenvalue weighted by Crippen LogP contribution is -2.41.